The average molecular weight is 379 g/mol. The maximum Gasteiger partial charge on any atom is 0.222 e. The number of nitrogens with one attached hydrogen (secondary N) is 2. The molecule has 0 spiro atoms. The molecule has 134 valence electrons. The second-order valence-corrected chi connectivity index (χ2v) is 8.06. The third-order valence-corrected chi connectivity index (χ3v) is 5.24. The molecular weight excluding hydrogens is 356 g/mol. The van der Waals surface area contributed by atoms with Crippen molar-refractivity contribution in [2.24, 2.45) is 0 Å². The summed E-state index contributed by atoms with van der Waals surface area (Å²) in [6.07, 6.45) is 0.219. The molecule has 0 bridgehead atoms. The molecule has 0 aliphatic carbocycles. The second-order valence-electron chi connectivity index (χ2n) is 6.64. The SMILES string of the molecule is CC(=O)NC(CC(=O)NCC(C)(C)c1ccc(Cl)cc1)c1cccs1. The van der Waals surface area contributed by atoms with Crippen LogP contribution in [-0.2, 0) is 15.0 Å². The molecule has 2 aromatic rings. The number of thiophene rings is 1. The molecule has 1 aromatic heterocycles. The normalized spacial score (nSPS) is 12.5. The quantitative estimate of drug-likeness (QED) is 0.763. The van der Waals surface area contributed by atoms with Crippen LogP contribution in [-0.4, -0.2) is 18.4 Å². The predicted molar refractivity (Wildman–Crippen MR) is 103 cm³/mol. The Morgan fingerprint density at radius 1 is 1.20 bits per heavy atom. The fraction of sp³-hybridized carbons (Fsp3) is 0.368. The summed E-state index contributed by atoms with van der Waals surface area (Å²) >= 11 is 7.46. The topological polar surface area (TPSA) is 58.2 Å². The summed E-state index contributed by atoms with van der Waals surface area (Å²) in [5.74, 6) is -0.234. The summed E-state index contributed by atoms with van der Waals surface area (Å²) in [6, 6.07) is 11.2. The van der Waals surface area contributed by atoms with Crippen molar-refractivity contribution in [3.05, 3.63) is 57.2 Å². The Morgan fingerprint density at radius 2 is 1.88 bits per heavy atom. The Bertz CT molecular complexity index is 712. The number of benzene rings is 1. The third-order valence-electron chi connectivity index (χ3n) is 4.01. The smallest absolute Gasteiger partial charge is 0.222 e. The minimum Gasteiger partial charge on any atom is -0.355 e. The first-order chi connectivity index (χ1) is 11.8. The Balaban J connectivity index is 1.96. The van der Waals surface area contributed by atoms with E-state index in [1.54, 1.807) is 0 Å². The highest BCUT2D eigenvalue weighted by atomic mass is 35.5. The van der Waals surface area contributed by atoms with E-state index < -0.39 is 0 Å². The van der Waals surface area contributed by atoms with E-state index >= 15 is 0 Å². The van der Waals surface area contributed by atoms with Gasteiger partial charge in [-0.15, -0.1) is 11.3 Å². The molecule has 6 heteroatoms. The van der Waals surface area contributed by atoms with E-state index in [1.165, 1.54) is 18.3 Å². The van der Waals surface area contributed by atoms with E-state index in [1.807, 2.05) is 41.8 Å². The van der Waals surface area contributed by atoms with E-state index in [2.05, 4.69) is 24.5 Å². The molecule has 0 fully saturated rings. The maximum absolute atomic E-state index is 12.4. The van der Waals surface area contributed by atoms with Crippen molar-refractivity contribution in [2.75, 3.05) is 6.54 Å². The summed E-state index contributed by atoms with van der Waals surface area (Å²) in [7, 11) is 0. The van der Waals surface area contributed by atoms with Crippen LogP contribution in [0.15, 0.2) is 41.8 Å². The molecule has 4 nitrogen and oxygen atoms in total. The van der Waals surface area contributed by atoms with Crippen LogP contribution in [0.3, 0.4) is 0 Å². The molecule has 0 aliphatic rings. The van der Waals surface area contributed by atoms with Gasteiger partial charge in [0, 0.05) is 28.8 Å². The van der Waals surface area contributed by atoms with Crippen LogP contribution in [0.1, 0.15) is 43.7 Å². The molecule has 0 radical (unpaired) electrons. The highest BCUT2D eigenvalue weighted by molar-refractivity contribution is 7.10. The van der Waals surface area contributed by atoms with Crippen LogP contribution in [0.5, 0.6) is 0 Å². The summed E-state index contributed by atoms with van der Waals surface area (Å²) in [6.45, 7) is 6.11. The third kappa shape index (κ3) is 5.87. The van der Waals surface area contributed by atoms with Crippen molar-refractivity contribution in [1.82, 2.24) is 10.6 Å². The number of carbonyl (C=O) groups is 2. The summed E-state index contributed by atoms with van der Waals surface area (Å²) in [5.41, 5.74) is 0.890. The highest BCUT2D eigenvalue weighted by Crippen LogP contribution is 2.25. The Labute approximate surface area is 157 Å². The lowest BCUT2D eigenvalue weighted by Crippen LogP contribution is -2.38. The van der Waals surface area contributed by atoms with Crippen LogP contribution in [0.2, 0.25) is 5.02 Å². The van der Waals surface area contributed by atoms with Gasteiger partial charge in [0.05, 0.1) is 12.5 Å². The van der Waals surface area contributed by atoms with Gasteiger partial charge in [-0.3, -0.25) is 9.59 Å². The van der Waals surface area contributed by atoms with Crippen molar-refractivity contribution in [3.63, 3.8) is 0 Å². The van der Waals surface area contributed by atoms with Crippen molar-refractivity contribution in [1.29, 1.82) is 0 Å². The molecule has 1 heterocycles. The first-order valence-electron chi connectivity index (χ1n) is 8.11. The Morgan fingerprint density at radius 3 is 2.44 bits per heavy atom. The molecule has 1 atom stereocenters. The van der Waals surface area contributed by atoms with Gasteiger partial charge in [-0.25, -0.2) is 0 Å². The minimum absolute atomic E-state index is 0.0887. The van der Waals surface area contributed by atoms with Crippen LogP contribution < -0.4 is 10.6 Å². The van der Waals surface area contributed by atoms with Gasteiger partial charge < -0.3 is 10.6 Å². The predicted octanol–water partition coefficient (Wildman–Crippen LogP) is 4.06. The van der Waals surface area contributed by atoms with E-state index in [9.17, 15) is 9.59 Å². The van der Waals surface area contributed by atoms with Gasteiger partial charge in [0.15, 0.2) is 0 Å². The number of halogens is 1. The Hall–Kier alpha value is -1.85. The van der Waals surface area contributed by atoms with Gasteiger partial charge in [-0.2, -0.15) is 0 Å². The molecule has 0 saturated heterocycles. The lowest BCUT2D eigenvalue weighted by atomic mass is 9.84. The monoisotopic (exact) mass is 378 g/mol. The van der Waals surface area contributed by atoms with Crippen molar-refractivity contribution >= 4 is 34.8 Å². The van der Waals surface area contributed by atoms with Crippen LogP contribution in [0.25, 0.3) is 0 Å². The Kier molecular flexibility index (Phi) is 6.62. The van der Waals surface area contributed by atoms with E-state index in [0.717, 1.165) is 10.4 Å². The molecule has 2 rings (SSSR count). The zero-order valence-electron chi connectivity index (χ0n) is 14.6. The standard InChI is InChI=1S/C19H23ClN2O2S/c1-13(23)22-16(17-5-4-10-25-17)11-18(24)21-12-19(2,3)14-6-8-15(20)9-7-14/h4-10,16H,11-12H2,1-3H3,(H,21,24)(H,22,23). The molecule has 0 aliphatic heterocycles. The highest BCUT2D eigenvalue weighted by Gasteiger charge is 2.23. The first-order valence-corrected chi connectivity index (χ1v) is 9.37. The fourth-order valence-corrected chi connectivity index (χ4v) is 3.44. The van der Waals surface area contributed by atoms with E-state index in [4.69, 9.17) is 11.6 Å². The molecule has 0 saturated carbocycles. The van der Waals surface area contributed by atoms with Crippen molar-refractivity contribution in [3.8, 4) is 0 Å². The zero-order valence-corrected chi connectivity index (χ0v) is 16.2. The number of rotatable bonds is 7. The number of amides is 2. The second kappa shape index (κ2) is 8.50. The van der Waals surface area contributed by atoms with Crippen LogP contribution in [0.4, 0.5) is 0 Å². The van der Waals surface area contributed by atoms with Crippen molar-refractivity contribution < 1.29 is 9.59 Å². The van der Waals surface area contributed by atoms with Gasteiger partial charge in [0.25, 0.3) is 0 Å². The van der Waals surface area contributed by atoms with Gasteiger partial charge in [0.1, 0.15) is 0 Å². The summed E-state index contributed by atoms with van der Waals surface area (Å²) in [5, 5.41) is 8.46. The van der Waals surface area contributed by atoms with E-state index in [-0.39, 0.29) is 29.7 Å². The maximum atomic E-state index is 12.4. The van der Waals surface area contributed by atoms with E-state index in [0.29, 0.717) is 11.6 Å². The summed E-state index contributed by atoms with van der Waals surface area (Å²) < 4.78 is 0. The van der Waals surface area contributed by atoms with Gasteiger partial charge in [-0.05, 0) is 29.1 Å². The lowest BCUT2D eigenvalue weighted by molar-refractivity contribution is -0.122. The molecule has 2 amide bonds. The molecule has 1 unspecified atom stereocenters. The number of hydrogen-bond donors (Lipinski definition) is 2. The average Bonchev–Trinajstić information content (AvgIpc) is 3.07. The van der Waals surface area contributed by atoms with Crippen LogP contribution >= 0.6 is 22.9 Å². The minimum atomic E-state index is -0.295. The largest absolute Gasteiger partial charge is 0.355 e. The van der Waals surface area contributed by atoms with Crippen molar-refractivity contribution in [2.45, 2.75) is 38.6 Å². The molecule has 1 aromatic carbocycles. The fourth-order valence-electron chi connectivity index (χ4n) is 2.54. The number of hydrogen-bond acceptors (Lipinski definition) is 3. The zero-order chi connectivity index (χ0) is 18.4. The molecule has 25 heavy (non-hydrogen) atoms. The van der Waals surface area contributed by atoms with Crippen LogP contribution in [0, 0.1) is 0 Å². The summed E-state index contributed by atoms with van der Waals surface area (Å²) in [4.78, 5) is 24.8. The lowest BCUT2D eigenvalue weighted by Gasteiger charge is -2.26. The van der Waals surface area contributed by atoms with Gasteiger partial charge in [0.2, 0.25) is 11.8 Å². The first kappa shape index (κ1) is 19.5. The molecule has 2 N–H and O–H groups in total. The van der Waals surface area contributed by atoms with Gasteiger partial charge >= 0.3 is 0 Å². The van der Waals surface area contributed by atoms with Gasteiger partial charge in [-0.1, -0.05) is 43.6 Å². The molecular formula is C19H23ClN2O2S. The number of carbonyl (C=O) groups excluding carboxylic acids is 2.